The Morgan fingerprint density at radius 2 is 2.53 bits per heavy atom. The highest BCUT2D eigenvalue weighted by Crippen LogP contribution is 2.25. The van der Waals surface area contributed by atoms with Gasteiger partial charge in [-0.25, -0.2) is 10.8 Å². The number of nitrogens with two attached hydrogens (primary N) is 1. The minimum absolute atomic E-state index is 0.177. The van der Waals surface area contributed by atoms with Crippen LogP contribution in [-0.4, -0.2) is 39.9 Å². The molecule has 94 valence electrons. The Balaban J connectivity index is 1.97. The van der Waals surface area contributed by atoms with E-state index in [9.17, 15) is 5.11 Å². The Bertz CT molecular complexity index is 389. The van der Waals surface area contributed by atoms with Gasteiger partial charge in [0.15, 0.2) is 0 Å². The number of hydrogen-bond acceptors (Lipinski definition) is 7. The molecule has 0 amide bonds. The monoisotopic (exact) mass is 239 g/mol. The topological polar surface area (TPSA) is 105 Å². The Hall–Kier alpha value is -1.44. The van der Waals surface area contributed by atoms with Crippen molar-refractivity contribution in [3.05, 3.63) is 12.3 Å². The lowest BCUT2D eigenvalue weighted by Gasteiger charge is -2.26. The molecule has 2 heterocycles. The third kappa shape index (κ3) is 2.63. The zero-order valence-corrected chi connectivity index (χ0v) is 9.68. The first kappa shape index (κ1) is 12.0. The highest BCUT2D eigenvalue weighted by molar-refractivity contribution is 5.39. The van der Waals surface area contributed by atoms with E-state index >= 15 is 0 Å². The van der Waals surface area contributed by atoms with Crippen LogP contribution in [0.1, 0.15) is 13.3 Å². The molecule has 1 aromatic rings. The largest absolute Gasteiger partial charge is 0.385 e. The second kappa shape index (κ2) is 4.82. The van der Waals surface area contributed by atoms with Crippen molar-refractivity contribution in [2.24, 2.45) is 5.84 Å². The molecule has 2 unspecified atom stereocenters. The zero-order chi connectivity index (χ0) is 12.3. The number of aliphatic hydroxyl groups is 1. The maximum atomic E-state index is 10.3. The maximum Gasteiger partial charge on any atom is 0.239 e. The molecule has 7 nitrogen and oxygen atoms in total. The van der Waals surface area contributed by atoms with Gasteiger partial charge in [0, 0.05) is 25.8 Å². The average molecular weight is 239 g/mol. The molecule has 0 aromatic carbocycles. The van der Waals surface area contributed by atoms with Gasteiger partial charge < -0.3 is 15.2 Å². The van der Waals surface area contributed by atoms with E-state index < -0.39 is 5.60 Å². The summed E-state index contributed by atoms with van der Waals surface area (Å²) in [5, 5.41) is 13.3. The predicted octanol–water partition coefficient (Wildman–Crippen LogP) is -0.286. The molecular weight excluding hydrogens is 222 g/mol. The van der Waals surface area contributed by atoms with E-state index in [0.29, 0.717) is 31.3 Å². The summed E-state index contributed by atoms with van der Waals surface area (Å²) < 4.78 is 5.35. The molecule has 1 saturated heterocycles. The number of hydrazine groups is 1. The molecule has 1 aliphatic heterocycles. The van der Waals surface area contributed by atoms with E-state index in [0.717, 1.165) is 0 Å². The Labute approximate surface area is 99.4 Å². The lowest BCUT2D eigenvalue weighted by Crippen LogP contribution is -2.43. The van der Waals surface area contributed by atoms with Crippen LogP contribution >= 0.6 is 0 Å². The minimum atomic E-state index is -0.846. The van der Waals surface area contributed by atoms with Crippen LogP contribution < -0.4 is 16.6 Å². The zero-order valence-electron chi connectivity index (χ0n) is 9.68. The van der Waals surface area contributed by atoms with Crippen LogP contribution in [0.4, 0.5) is 11.8 Å². The van der Waals surface area contributed by atoms with Crippen molar-refractivity contribution in [3.8, 4) is 0 Å². The number of ether oxygens (including phenoxy) is 1. The fourth-order valence-electron chi connectivity index (χ4n) is 1.77. The van der Waals surface area contributed by atoms with Gasteiger partial charge in [0.2, 0.25) is 5.95 Å². The van der Waals surface area contributed by atoms with E-state index in [4.69, 9.17) is 10.6 Å². The predicted molar refractivity (Wildman–Crippen MR) is 63.3 cm³/mol. The van der Waals surface area contributed by atoms with Gasteiger partial charge in [0.1, 0.15) is 11.4 Å². The molecule has 2 rings (SSSR count). The van der Waals surface area contributed by atoms with Crippen LogP contribution in [0.5, 0.6) is 0 Å². The second-order valence-corrected chi connectivity index (χ2v) is 4.13. The molecule has 2 atom stereocenters. The minimum Gasteiger partial charge on any atom is -0.385 e. The van der Waals surface area contributed by atoms with E-state index in [1.165, 1.54) is 0 Å². The molecule has 17 heavy (non-hydrogen) atoms. The summed E-state index contributed by atoms with van der Waals surface area (Å²) in [7, 11) is 0. The number of aromatic nitrogens is 2. The molecule has 1 fully saturated rings. The first-order chi connectivity index (χ1) is 8.14. The summed E-state index contributed by atoms with van der Waals surface area (Å²) in [5.74, 6) is 6.16. The van der Waals surface area contributed by atoms with Crippen LogP contribution in [-0.2, 0) is 4.74 Å². The quantitative estimate of drug-likeness (QED) is 0.423. The molecule has 0 radical (unpaired) electrons. The summed E-state index contributed by atoms with van der Waals surface area (Å²) in [6.07, 6.45) is 2.03. The van der Waals surface area contributed by atoms with Crippen LogP contribution in [0.15, 0.2) is 12.3 Å². The average Bonchev–Trinajstić information content (AvgIpc) is 2.68. The molecule has 1 aliphatic rings. The van der Waals surface area contributed by atoms with Crippen molar-refractivity contribution in [2.75, 3.05) is 23.9 Å². The number of nitrogens with zero attached hydrogens (tertiary/aromatic N) is 2. The third-order valence-electron chi connectivity index (χ3n) is 3.02. The van der Waals surface area contributed by atoms with Gasteiger partial charge in [0.25, 0.3) is 0 Å². The van der Waals surface area contributed by atoms with Crippen LogP contribution in [0.25, 0.3) is 0 Å². The molecule has 1 aromatic heterocycles. The van der Waals surface area contributed by atoms with Crippen LogP contribution in [0, 0.1) is 0 Å². The lowest BCUT2D eigenvalue weighted by atomic mass is 9.97. The van der Waals surface area contributed by atoms with Crippen molar-refractivity contribution >= 4 is 11.8 Å². The van der Waals surface area contributed by atoms with E-state index in [-0.39, 0.29) is 6.10 Å². The van der Waals surface area contributed by atoms with Gasteiger partial charge in [-0.3, -0.25) is 5.43 Å². The molecular formula is C10H17N5O2. The normalized spacial score (nSPS) is 28.1. The van der Waals surface area contributed by atoms with Crippen LogP contribution in [0.2, 0.25) is 0 Å². The molecule has 0 aliphatic carbocycles. The van der Waals surface area contributed by atoms with E-state index in [1.54, 1.807) is 12.3 Å². The summed E-state index contributed by atoms with van der Waals surface area (Å²) in [6, 6.07) is 1.71. The Morgan fingerprint density at radius 1 is 1.71 bits per heavy atom. The number of nitrogen functional groups attached to an aromatic ring is 1. The highest BCUT2D eigenvalue weighted by Gasteiger charge is 2.39. The summed E-state index contributed by atoms with van der Waals surface area (Å²) in [4.78, 5) is 7.99. The maximum absolute atomic E-state index is 10.3. The fraction of sp³-hybridized carbons (Fsp3) is 0.600. The summed E-state index contributed by atoms with van der Waals surface area (Å²) in [6.45, 7) is 2.83. The van der Waals surface area contributed by atoms with Crippen molar-refractivity contribution in [2.45, 2.75) is 25.0 Å². The van der Waals surface area contributed by atoms with Crippen molar-refractivity contribution < 1.29 is 9.84 Å². The summed E-state index contributed by atoms with van der Waals surface area (Å²) in [5.41, 5.74) is 1.52. The number of nitrogens with one attached hydrogen (secondary N) is 2. The van der Waals surface area contributed by atoms with Gasteiger partial charge >= 0.3 is 0 Å². The molecule has 7 heteroatoms. The fourth-order valence-corrected chi connectivity index (χ4v) is 1.77. The number of rotatable bonds is 4. The standard InChI is InChI=1S/C10H17N5O2/c1-7-10(16,3-5-17-7)6-13-8-2-4-12-9(14-8)15-11/h2,4,7,16H,3,5-6,11H2,1H3,(H2,12,13,14,15). The second-order valence-electron chi connectivity index (χ2n) is 4.13. The number of anilines is 2. The smallest absolute Gasteiger partial charge is 0.239 e. The number of hydrogen-bond donors (Lipinski definition) is 4. The van der Waals surface area contributed by atoms with Crippen molar-refractivity contribution in [1.82, 2.24) is 9.97 Å². The van der Waals surface area contributed by atoms with Crippen LogP contribution in [0.3, 0.4) is 0 Å². The van der Waals surface area contributed by atoms with Gasteiger partial charge in [0.05, 0.1) is 6.10 Å². The molecule has 0 saturated carbocycles. The van der Waals surface area contributed by atoms with Gasteiger partial charge in [-0.1, -0.05) is 0 Å². The Kier molecular flexibility index (Phi) is 3.41. The van der Waals surface area contributed by atoms with Crippen molar-refractivity contribution in [1.29, 1.82) is 0 Å². The molecule has 0 spiro atoms. The van der Waals surface area contributed by atoms with Gasteiger partial charge in [-0.15, -0.1) is 0 Å². The van der Waals surface area contributed by atoms with Crippen molar-refractivity contribution in [3.63, 3.8) is 0 Å². The Morgan fingerprint density at radius 3 is 3.18 bits per heavy atom. The third-order valence-corrected chi connectivity index (χ3v) is 3.02. The lowest BCUT2D eigenvalue weighted by molar-refractivity contribution is -0.0176. The molecule has 5 N–H and O–H groups in total. The van der Waals surface area contributed by atoms with Gasteiger partial charge in [-0.2, -0.15) is 4.98 Å². The summed E-state index contributed by atoms with van der Waals surface area (Å²) >= 11 is 0. The highest BCUT2D eigenvalue weighted by atomic mass is 16.5. The first-order valence-electron chi connectivity index (χ1n) is 5.51. The SMILES string of the molecule is CC1OCCC1(O)CNc1ccnc(NN)n1. The first-order valence-corrected chi connectivity index (χ1v) is 5.51. The van der Waals surface area contributed by atoms with Gasteiger partial charge in [-0.05, 0) is 13.0 Å². The van der Waals surface area contributed by atoms with E-state index in [2.05, 4.69) is 20.7 Å². The van der Waals surface area contributed by atoms with E-state index in [1.807, 2.05) is 6.92 Å². The molecule has 0 bridgehead atoms.